The maximum Gasteiger partial charge on any atom is 0.199 e. The Kier molecular flexibility index (Phi) is 4.23. The predicted octanol–water partition coefficient (Wildman–Crippen LogP) is 3.10. The highest BCUT2D eigenvalue weighted by Crippen LogP contribution is 2.28. The minimum absolute atomic E-state index is 0.0681. The number of hydrogen-bond donors (Lipinski definition) is 0. The van der Waals surface area contributed by atoms with Gasteiger partial charge in [0.05, 0.1) is 11.6 Å². The van der Waals surface area contributed by atoms with Crippen LogP contribution >= 0.6 is 27.5 Å². The number of halogens is 2. The predicted molar refractivity (Wildman–Crippen MR) is 79.0 cm³/mol. The zero-order chi connectivity index (χ0) is 14.1. The molecule has 19 heavy (non-hydrogen) atoms. The van der Waals surface area contributed by atoms with Gasteiger partial charge in [-0.05, 0) is 24.6 Å². The summed E-state index contributed by atoms with van der Waals surface area (Å²) in [5.41, 5.74) is -0.00526. The fourth-order valence-electron chi connectivity index (χ4n) is 1.67. The van der Waals surface area contributed by atoms with E-state index in [1.807, 2.05) is 0 Å². The summed E-state index contributed by atoms with van der Waals surface area (Å²) < 4.78 is 25.4. The summed E-state index contributed by atoms with van der Waals surface area (Å²) in [6, 6.07) is 7.14. The Bertz CT molecular complexity index is 600. The fraction of sp³-hybridized carbons (Fsp3) is 0.417. The average molecular weight is 367 g/mol. The molecule has 0 N–H and O–H groups in total. The number of nitrogens with zero attached hydrogens (tertiary/aromatic N) is 1. The molecular formula is C12H13BrClNO3S. The molecule has 104 valence electrons. The highest BCUT2D eigenvalue weighted by atomic mass is 79.9. The van der Waals surface area contributed by atoms with Crippen LogP contribution in [0.2, 0.25) is 0 Å². The molecule has 2 rings (SSSR count). The molecule has 0 aromatic heterocycles. The minimum Gasteiger partial charge on any atom is -0.387 e. The molecule has 1 aliphatic heterocycles. The van der Waals surface area contributed by atoms with E-state index in [0.717, 1.165) is 4.47 Å². The minimum atomic E-state index is -3.46. The summed E-state index contributed by atoms with van der Waals surface area (Å²) in [5, 5.41) is 3.75. The molecule has 0 bridgehead atoms. The molecule has 1 heterocycles. The second-order valence-corrected chi connectivity index (χ2v) is 7.89. The van der Waals surface area contributed by atoms with Crippen molar-refractivity contribution in [2.45, 2.75) is 24.7 Å². The number of rotatable bonds is 3. The quantitative estimate of drug-likeness (QED) is 0.772. The fourth-order valence-corrected chi connectivity index (χ4v) is 3.55. The van der Waals surface area contributed by atoms with Crippen molar-refractivity contribution in [3.05, 3.63) is 34.3 Å². The molecule has 0 saturated carbocycles. The van der Waals surface area contributed by atoms with E-state index in [1.54, 1.807) is 31.2 Å². The van der Waals surface area contributed by atoms with Crippen molar-refractivity contribution in [3.63, 3.8) is 0 Å². The molecule has 1 aliphatic rings. The molecule has 0 saturated heterocycles. The molecule has 1 aromatic carbocycles. The number of oxime groups is 1. The van der Waals surface area contributed by atoms with Crippen LogP contribution in [0.25, 0.3) is 0 Å². The van der Waals surface area contributed by atoms with Gasteiger partial charge in [-0.15, -0.1) is 11.6 Å². The van der Waals surface area contributed by atoms with E-state index >= 15 is 0 Å². The zero-order valence-corrected chi connectivity index (χ0v) is 13.4. The Balaban J connectivity index is 2.14. The third-order valence-corrected chi connectivity index (χ3v) is 5.55. The van der Waals surface area contributed by atoms with Gasteiger partial charge in [0, 0.05) is 10.9 Å². The van der Waals surface area contributed by atoms with E-state index in [-0.39, 0.29) is 23.1 Å². The van der Waals surface area contributed by atoms with Gasteiger partial charge in [-0.3, -0.25) is 0 Å². The lowest BCUT2D eigenvalue weighted by molar-refractivity contribution is 0.0152. The molecule has 0 fully saturated rings. The van der Waals surface area contributed by atoms with Crippen molar-refractivity contribution < 1.29 is 13.3 Å². The van der Waals surface area contributed by atoms with Gasteiger partial charge in [0.25, 0.3) is 0 Å². The van der Waals surface area contributed by atoms with E-state index < -0.39 is 15.4 Å². The van der Waals surface area contributed by atoms with Gasteiger partial charge >= 0.3 is 0 Å². The van der Waals surface area contributed by atoms with Crippen molar-refractivity contribution in [3.8, 4) is 0 Å². The SMILES string of the molecule is CC1(CCl)CC(S(=O)(=O)Cc2ccc(Br)cc2)=NO1. The highest BCUT2D eigenvalue weighted by Gasteiger charge is 2.38. The highest BCUT2D eigenvalue weighted by molar-refractivity contribution is 9.10. The number of benzene rings is 1. The van der Waals surface area contributed by atoms with Crippen LogP contribution in [0.15, 0.2) is 33.9 Å². The van der Waals surface area contributed by atoms with Crippen LogP contribution in [0.4, 0.5) is 0 Å². The molecule has 0 radical (unpaired) electrons. The lowest BCUT2D eigenvalue weighted by Crippen LogP contribution is -2.28. The topological polar surface area (TPSA) is 55.7 Å². The van der Waals surface area contributed by atoms with Crippen LogP contribution in [-0.4, -0.2) is 24.9 Å². The van der Waals surface area contributed by atoms with E-state index in [9.17, 15) is 8.42 Å². The normalized spacial score (nSPS) is 23.0. The Morgan fingerprint density at radius 2 is 2.05 bits per heavy atom. The average Bonchev–Trinajstić information content (AvgIpc) is 2.76. The van der Waals surface area contributed by atoms with Gasteiger partial charge in [-0.25, -0.2) is 8.42 Å². The van der Waals surface area contributed by atoms with Gasteiger partial charge in [0.15, 0.2) is 20.5 Å². The first kappa shape index (κ1) is 14.8. The zero-order valence-electron chi connectivity index (χ0n) is 10.3. The van der Waals surface area contributed by atoms with Gasteiger partial charge < -0.3 is 4.84 Å². The number of sulfone groups is 1. The second-order valence-electron chi connectivity index (χ2n) is 4.72. The Morgan fingerprint density at radius 1 is 1.42 bits per heavy atom. The summed E-state index contributed by atoms with van der Waals surface area (Å²) in [7, 11) is -3.46. The van der Waals surface area contributed by atoms with Gasteiger partial charge in [0.2, 0.25) is 0 Å². The van der Waals surface area contributed by atoms with E-state index in [2.05, 4.69) is 21.1 Å². The van der Waals surface area contributed by atoms with Crippen LogP contribution in [0.3, 0.4) is 0 Å². The molecule has 7 heteroatoms. The van der Waals surface area contributed by atoms with Crippen LogP contribution in [0.5, 0.6) is 0 Å². The van der Waals surface area contributed by atoms with Crippen molar-refractivity contribution in [1.82, 2.24) is 0 Å². The molecule has 1 unspecified atom stereocenters. The first-order valence-electron chi connectivity index (χ1n) is 5.63. The monoisotopic (exact) mass is 365 g/mol. The van der Waals surface area contributed by atoms with Crippen molar-refractivity contribution in [2.75, 3.05) is 5.88 Å². The maximum absolute atomic E-state index is 12.2. The molecule has 0 aliphatic carbocycles. The Hall–Kier alpha value is -0.590. The third kappa shape index (κ3) is 3.49. The van der Waals surface area contributed by atoms with E-state index in [0.29, 0.717) is 5.56 Å². The smallest absolute Gasteiger partial charge is 0.199 e. The maximum atomic E-state index is 12.2. The summed E-state index contributed by atoms with van der Waals surface area (Å²) in [5.74, 6) is 0.120. The Morgan fingerprint density at radius 3 is 2.58 bits per heavy atom. The first-order chi connectivity index (χ1) is 8.85. The van der Waals surface area contributed by atoms with Crippen LogP contribution < -0.4 is 0 Å². The first-order valence-corrected chi connectivity index (χ1v) is 8.61. The summed E-state index contributed by atoms with van der Waals surface area (Å²) in [6.45, 7) is 1.74. The van der Waals surface area contributed by atoms with Crippen molar-refractivity contribution in [1.29, 1.82) is 0 Å². The molecule has 0 amide bonds. The van der Waals surface area contributed by atoms with Crippen LogP contribution in [-0.2, 0) is 20.4 Å². The third-order valence-electron chi connectivity index (χ3n) is 2.80. The summed E-state index contributed by atoms with van der Waals surface area (Å²) >= 11 is 9.05. The van der Waals surface area contributed by atoms with Gasteiger partial charge in [0.1, 0.15) is 0 Å². The lowest BCUT2D eigenvalue weighted by Gasteiger charge is -2.16. The lowest BCUT2D eigenvalue weighted by atomic mass is 10.1. The molecule has 1 atom stereocenters. The number of alkyl halides is 1. The molecule has 0 spiro atoms. The molecular weight excluding hydrogens is 354 g/mol. The summed E-state index contributed by atoms with van der Waals surface area (Å²) in [4.78, 5) is 5.11. The van der Waals surface area contributed by atoms with Crippen LogP contribution in [0.1, 0.15) is 18.9 Å². The van der Waals surface area contributed by atoms with Crippen LogP contribution in [0, 0.1) is 0 Å². The Labute approximate surface area is 125 Å². The van der Waals surface area contributed by atoms with E-state index in [1.165, 1.54) is 0 Å². The largest absolute Gasteiger partial charge is 0.387 e. The van der Waals surface area contributed by atoms with Crippen molar-refractivity contribution in [2.24, 2.45) is 5.16 Å². The van der Waals surface area contributed by atoms with E-state index in [4.69, 9.17) is 16.4 Å². The van der Waals surface area contributed by atoms with Gasteiger partial charge in [-0.1, -0.05) is 33.2 Å². The molecule has 1 aromatic rings. The molecule has 4 nitrogen and oxygen atoms in total. The van der Waals surface area contributed by atoms with Crippen molar-refractivity contribution >= 4 is 42.4 Å². The second kappa shape index (κ2) is 5.42. The summed E-state index contributed by atoms with van der Waals surface area (Å²) in [6.07, 6.45) is 0.218. The standard InChI is InChI=1S/C12H13BrClNO3S/c1-12(8-14)6-11(15-18-12)19(16,17)7-9-2-4-10(13)5-3-9/h2-5H,6-8H2,1H3. The number of hydrogen-bond acceptors (Lipinski definition) is 4. The van der Waals surface area contributed by atoms with Gasteiger partial charge in [-0.2, -0.15) is 0 Å².